The van der Waals surface area contributed by atoms with E-state index < -0.39 is 10.8 Å². The van der Waals surface area contributed by atoms with Crippen LogP contribution in [0.5, 0.6) is 0 Å². The van der Waals surface area contributed by atoms with Crippen molar-refractivity contribution < 1.29 is 9.72 Å². The molecule has 2 aromatic carbocycles. The Morgan fingerprint density at radius 2 is 1.96 bits per heavy atom. The molecule has 0 aliphatic carbocycles. The van der Waals surface area contributed by atoms with Crippen LogP contribution in [-0.2, 0) is 11.2 Å². The second-order valence-corrected chi connectivity index (χ2v) is 5.51. The SMILES string of the molecule is CSc1ccc(/C=N/NC(=O)Cc2ccccc2[N+](=O)[O-])cc1. The lowest BCUT2D eigenvalue weighted by Gasteiger charge is -2.02. The Hall–Kier alpha value is -2.67. The minimum atomic E-state index is -0.501. The van der Waals surface area contributed by atoms with Crippen LogP contribution in [0.1, 0.15) is 11.1 Å². The van der Waals surface area contributed by atoms with E-state index in [1.165, 1.54) is 12.3 Å². The number of hydrazone groups is 1. The van der Waals surface area contributed by atoms with E-state index >= 15 is 0 Å². The molecule has 2 aromatic rings. The highest BCUT2D eigenvalue weighted by molar-refractivity contribution is 7.98. The van der Waals surface area contributed by atoms with E-state index in [4.69, 9.17) is 0 Å². The number of rotatable bonds is 6. The third-order valence-corrected chi connectivity index (χ3v) is 3.80. The van der Waals surface area contributed by atoms with Gasteiger partial charge >= 0.3 is 0 Å². The van der Waals surface area contributed by atoms with Gasteiger partial charge in [0.15, 0.2) is 0 Å². The predicted octanol–water partition coefficient (Wildman–Crippen LogP) is 3.01. The number of carbonyl (C=O) groups excluding carboxylic acids is 1. The van der Waals surface area contributed by atoms with Gasteiger partial charge in [-0.2, -0.15) is 5.10 Å². The van der Waals surface area contributed by atoms with E-state index in [0.717, 1.165) is 10.5 Å². The van der Waals surface area contributed by atoms with Crippen LogP contribution < -0.4 is 5.43 Å². The van der Waals surface area contributed by atoms with Crippen molar-refractivity contribution in [2.45, 2.75) is 11.3 Å². The molecule has 0 aromatic heterocycles. The second kappa shape index (κ2) is 8.09. The highest BCUT2D eigenvalue weighted by atomic mass is 32.2. The number of nitrogens with zero attached hydrogens (tertiary/aromatic N) is 2. The molecule has 0 unspecified atom stereocenters. The molecule has 0 spiro atoms. The Bertz CT molecular complexity index is 730. The number of nitrogens with one attached hydrogen (secondary N) is 1. The summed E-state index contributed by atoms with van der Waals surface area (Å²) in [5.74, 6) is -0.406. The van der Waals surface area contributed by atoms with Crippen molar-refractivity contribution in [2.24, 2.45) is 5.10 Å². The number of thioether (sulfide) groups is 1. The second-order valence-electron chi connectivity index (χ2n) is 4.63. The molecule has 2 rings (SSSR count). The van der Waals surface area contributed by atoms with Crippen molar-refractivity contribution in [3.63, 3.8) is 0 Å². The van der Waals surface area contributed by atoms with Gasteiger partial charge in [-0.3, -0.25) is 14.9 Å². The summed E-state index contributed by atoms with van der Waals surface area (Å²) in [5.41, 5.74) is 3.52. The lowest BCUT2D eigenvalue weighted by Crippen LogP contribution is -2.20. The molecular weight excluding hydrogens is 314 g/mol. The molecule has 1 N–H and O–H groups in total. The number of hydrogen-bond donors (Lipinski definition) is 1. The summed E-state index contributed by atoms with van der Waals surface area (Å²) in [6.07, 6.45) is 3.42. The van der Waals surface area contributed by atoms with E-state index in [1.807, 2.05) is 30.5 Å². The van der Waals surface area contributed by atoms with Crippen LogP contribution in [0.2, 0.25) is 0 Å². The Balaban J connectivity index is 1.94. The van der Waals surface area contributed by atoms with Crippen molar-refractivity contribution in [2.75, 3.05) is 6.26 Å². The number of nitro benzene ring substituents is 1. The van der Waals surface area contributed by atoms with Gasteiger partial charge < -0.3 is 0 Å². The molecule has 1 amide bonds. The van der Waals surface area contributed by atoms with Gasteiger partial charge in [0.2, 0.25) is 5.91 Å². The van der Waals surface area contributed by atoms with Gasteiger partial charge in [-0.15, -0.1) is 11.8 Å². The molecule has 0 fully saturated rings. The van der Waals surface area contributed by atoms with Crippen LogP contribution in [0.3, 0.4) is 0 Å². The first kappa shape index (κ1) is 16.7. The highest BCUT2D eigenvalue weighted by Crippen LogP contribution is 2.18. The van der Waals surface area contributed by atoms with Crippen molar-refractivity contribution in [3.05, 3.63) is 69.8 Å². The normalized spacial score (nSPS) is 10.7. The van der Waals surface area contributed by atoms with Crippen LogP contribution in [-0.4, -0.2) is 23.3 Å². The average Bonchev–Trinajstić information content (AvgIpc) is 2.56. The lowest BCUT2D eigenvalue weighted by molar-refractivity contribution is -0.385. The van der Waals surface area contributed by atoms with Crippen molar-refractivity contribution in [1.29, 1.82) is 0 Å². The van der Waals surface area contributed by atoms with Crippen LogP contribution in [0.15, 0.2) is 58.5 Å². The Morgan fingerprint density at radius 1 is 1.26 bits per heavy atom. The summed E-state index contributed by atoms with van der Waals surface area (Å²) in [5, 5.41) is 14.8. The zero-order valence-corrected chi connectivity index (χ0v) is 13.2. The number of benzene rings is 2. The summed E-state index contributed by atoms with van der Waals surface area (Å²) in [4.78, 5) is 23.4. The van der Waals surface area contributed by atoms with Crippen LogP contribution >= 0.6 is 11.8 Å². The van der Waals surface area contributed by atoms with Crippen LogP contribution in [0, 0.1) is 10.1 Å². The summed E-state index contributed by atoms with van der Waals surface area (Å²) < 4.78 is 0. The minimum absolute atomic E-state index is 0.0701. The first-order valence-electron chi connectivity index (χ1n) is 6.78. The fourth-order valence-corrected chi connectivity index (χ4v) is 2.33. The quantitative estimate of drug-likeness (QED) is 0.382. The molecule has 0 saturated carbocycles. The molecule has 0 saturated heterocycles. The van der Waals surface area contributed by atoms with E-state index in [0.29, 0.717) is 5.56 Å². The Kier molecular flexibility index (Phi) is 5.87. The van der Waals surface area contributed by atoms with Gasteiger partial charge in [0.1, 0.15) is 0 Å². The first-order valence-corrected chi connectivity index (χ1v) is 8.01. The smallest absolute Gasteiger partial charge is 0.273 e. The third-order valence-electron chi connectivity index (χ3n) is 3.06. The maximum Gasteiger partial charge on any atom is 0.273 e. The molecule has 0 heterocycles. The van der Waals surface area contributed by atoms with Gasteiger partial charge in [0, 0.05) is 16.5 Å². The average molecular weight is 329 g/mol. The molecule has 23 heavy (non-hydrogen) atoms. The Morgan fingerprint density at radius 3 is 2.61 bits per heavy atom. The zero-order chi connectivity index (χ0) is 16.7. The van der Waals surface area contributed by atoms with E-state index in [2.05, 4.69) is 10.5 Å². The van der Waals surface area contributed by atoms with E-state index in [-0.39, 0.29) is 12.1 Å². The standard InChI is InChI=1S/C16H15N3O3S/c1-23-14-8-6-12(7-9-14)11-17-18-16(20)10-13-4-2-3-5-15(13)19(21)22/h2-9,11H,10H2,1H3,(H,18,20)/b17-11+. The predicted molar refractivity (Wildman–Crippen MR) is 90.8 cm³/mol. The summed E-state index contributed by atoms with van der Waals surface area (Å²) >= 11 is 1.64. The van der Waals surface area contributed by atoms with Crippen molar-refractivity contribution in [1.82, 2.24) is 5.43 Å². The molecule has 0 bridgehead atoms. The third kappa shape index (κ3) is 4.93. The summed E-state index contributed by atoms with van der Waals surface area (Å²) in [6, 6.07) is 13.9. The van der Waals surface area contributed by atoms with E-state index in [1.54, 1.807) is 30.0 Å². The molecule has 118 valence electrons. The number of carbonyl (C=O) groups is 1. The number of hydrogen-bond acceptors (Lipinski definition) is 5. The molecule has 7 heteroatoms. The molecule has 0 aliphatic heterocycles. The topological polar surface area (TPSA) is 84.6 Å². The van der Waals surface area contributed by atoms with Gasteiger partial charge in [0.25, 0.3) is 5.69 Å². The number of amides is 1. The Labute approximate surface area is 137 Å². The summed E-state index contributed by atoms with van der Waals surface area (Å²) in [7, 11) is 0. The maximum absolute atomic E-state index is 11.8. The molecule has 6 nitrogen and oxygen atoms in total. The van der Waals surface area contributed by atoms with Crippen molar-refractivity contribution in [3.8, 4) is 0 Å². The van der Waals surface area contributed by atoms with Crippen LogP contribution in [0.4, 0.5) is 5.69 Å². The fourth-order valence-electron chi connectivity index (χ4n) is 1.92. The highest BCUT2D eigenvalue weighted by Gasteiger charge is 2.14. The van der Waals surface area contributed by atoms with Gasteiger partial charge in [-0.1, -0.05) is 30.3 Å². The summed E-state index contributed by atoms with van der Waals surface area (Å²) in [6.45, 7) is 0. The van der Waals surface area contributed by atoms with E-state index in [9.17, 15) is 14.9 Å². The van der Waals surface area contributed by atoms with Gasteiger partial charge in [-0.25, -0.2) is 5.43 Å². The van der Waals surface area contributed by atoms with Crippen LogP contribution in [0.25, 0.3) is 0 Å². The number of para-hydroxylation sites is 1. The molecule has 0 aliphatic rings. The maximum atomic E-state index is 11.8. The largest absolute Gasteiger partial charge is 0.273 e. The van der Waals surface area contributed by atoms with Gasteiger partial charge in [-0.05, 0) is 24.0 Å². The zero-order valence-electron chi connectivity index (χ0n) is 12.4. The molecule has 0 radical (unpaired) electrons. The lowest BCUT2D eigenvalue weighted by atomic mass is 10.1. The first-order chi connectivity index (χ1) is 11.1. The van der Waals surface area contributed by atoms with Crippen molar-refractivity contribution >= 4 is 29.6 Å². The van der Waals surface area contributed by atoms with Gasteiger partial charge in [0.05, 0.1) is 17.6 Å². The minimum Gasteiger partial charge on any atom is -0.273 e. The fraction of sp³-hybridized carbons (Fsp3) is 0.125. The molecule has 0 atom stereocenters. The molecular formula is C16H15N3O3S. The number of nitro groups is 1. The monoisotopic (exact) mass is 329 g/mol.